The fraction of sp³-hybridized carbons (Fsp3) is 0.579. The van der Waals surface area contributed by atoms with Gasteiger partial charge in [-0.15, -0.1) is 0 Å². The summed E-state index contributed by atoms with van der Waals surface area (Å²) in [4.78, 5) is 16.9. The molecule has 0 radical (unpaired) electrons. The van der Waals surface area contributed by atoms with Crippen molar-refractivity contribution in [2.24, 2.45) is 5.92 Å². The van der Waals surface area contributed by atoms with Crippen molar-refractivity contribution in [1.29, 1.82) is 0 Å². The molecule has 1 aromatic heterocycles. The maximum atomic E-state index is 12.6. The molecular formula is C19H26N2O3. The molecular weight excluding hydrogens is 304 g/mol. The van der Waals surface area contributed by atoms with Crippen LogP contribution in [0.3, 0.4) is 0 Å². The minimum atomic E-state index is -0.542. The lowest BCUT2D eigenvalue weighted by Gasteiger charge is -2.49. The van der Waals surface area contributed by atoms with Crippen LogP contribution < -0.4 is 0 Å². The van der Waals surface area contributed by atoms with Gasteiger partial charge >= 0.3 is 5.97 Å². The summed E-state index contributed by atoms with van der Waals surface area (Å²) in [6.07, 6.45) is 12.2. The van der Waals surface area contributed by atoms with E-state index in [-0.39, 0.29) is 17.9 Å². The van der Waals surface area contributed by atoms with Crippen LogP contribution in [0.25, 0.3) is 0 Å². The Morgan fingerprint density at radius 3 is 2.83 bits per heavy atom. The molecule has 0 saturated carbocycles. The summed E-state index contributed by atoms with van der Waals surface area (Å²) in [7, 11) is 0. The monoisotopic (exact) mass is 330 g/mol. The van der Waals surface area contributed by atoms with Gasteiger partial charge in [-0.3, -0.25) is 4.79 Å². The van der Waals surface area contributed by atoms with Gasteiger partial charge in [0.1, 0.15) is 5.60 Å². The summed E-state index contributed by atoms with van der Waals surface area (Å²) in [5, 5.41) is 0. The van der Waals surface area contributed by atoms with Crippen LogP contribution in [0.4, 0.5) is 0 Å². The molecule has 5 nitrogen and oxygen atoms in total. The SMILES string of the molecule is C/C=C\C=C1/C(C)C(=O)OC2(CCOCC2)C1n1cncc1CC. The number of allylic oxidation sites excluding steroid dienone is 3. The second-order valence-electron chi connectivity index (χ2n) is 6.56. The number of imidazole rings is 1. The van der Waals surface area contributed by atoms with Crippen LogP contribution in [-0.2, 0) is 20.7 Å². The number of rotatable bonds is 3. The number of carbonyl (C=O) groups excluding carboxylic acids is 1. The van der Waals surface area contributed by atoms with Gasteiger partial charge in [0.15, 0.2) is 0 Å². The number of hydrogen-bond donors (Lipinski definition) is 0. The molecule has 1 spiro atoms. The molecule has 2 fully saturated rings. The molecule has 2 aliphatic rings. The van der Waals surface area contributed by atoms with E-state index in [0.29, 0.717) is 26.1 Å². The second kappa shape index (κ2) is 6.93. The van der Waals surface area contributed by atoms with E-state index in [1.165, 1.54) is 0 Å². The fourth-order valence-corrected chi connectivity index (χ4v) is 3.81. The van der Waals surface area contributed by atoms with Crippen molar-refractivity contribution in [2.45, 2.75) is 51.7 Å². The number of esters is 1. The molecule has 5 heteroatoms. The van der Waals surface area contributed by atoms with Gasteiger partial charge in [0.25, 0.3) is 0 Å². The average Bonchev–Trinajstić information content (AvgIpc) is 3.05. The van der Waals surface area contributed by atoms with Crippen LogP contribution in [0.1, 0.15) is 45.3 Å². The zero-order chi connectivity index (χ0) is 17.2. The van der Waals surface area contributed by atoms with E-state index in [0.717, 1.165) is 17.7 Å². The van der Waals surface area contributed by atoms with E-state index in [9.17, 15) is 4.79 Å². The number of aromatic nitrogens is 2. The quantitative estimate of drug-likeness (QED) is 0.799. The minimum absolute atomic E-state index is 0.0252. The molecule has 2 aliphatic heterocycles. The zero-order valence-electron chi connectivity index (χ0n) is 14.7. The van der Waals surface area contributed by atoms with Crippen molar-refractivity contribution in [3.05, 3.63) is 42.0 Å². The highest BCUT2D eigenvalue weighted by molar-refractivity contribution is 5.78. The van der Waals surface area contributed by atoms with Gasteiger partial charge in [-0.05, 0) is 25.8 Å². The van der Waals surface area contributed by atoms with Gasteiger partial charge in [0, 0.05) is 24.7 Å². The molecule has 0 amide bonds. The van der Waals surface area contributed by atoms with Crippen LogP contribution in [0.5, 0.6) is 0 Å². The van der Waals surface area contributed by atoms with Gasteiger partial charge in [-0.1, -0.05) is 25.2 Å². The topological polar surface area (TPSA) is 53.4 Å². The van der Waals surface area contributed by atoms with Gasteiger partial charge in [-0.25, -0.2) is 4.98 Å². The Balaban J connectivity index is 2.15. The number of hydrogen-bond acceptors (Lipinski definition) is 4. The Kier molecular flexibility index (Phi) is 4.90. The number of nitrogens with zero attached hydrogens (tertiary/aromatic N) is 2. The predicted molar refractivity (Wildman–Crippen MR) is 91.6 cm³/mol. The Morgan fingerprint density at radius 1 is 1.42 bits per heavy atom. The molecule has 2 atom stereocenters. The van der Waals surface area contributed by atoms with Crippen LogP contribution in [0.2, 0.25) is 0 Å². The van der Waals surface area contributed by atoms with Crippen LogP contribution in [0.15, 0.2) is 36.3 Å². The molecule has 2 unspecified atom stereocenters. The molecule has 0 aliphatic carbocycles. The van der Waals surface area contributed by atoms with Crippen molar-refractivity contribution in [1.82, 2.24) is 9.55 Å². The van der Waals surface area contributed by atoms with Crippen molar-refractivity contribution >= 4 is 5.97 Å². The van der Waals surface area contributed by atoms with Gasteiger partial charge < -0.3 is 14.0 Å². The van der Waals surface area contributed by atoms with E-state index in [4.69, 9.17) is 9.47 Å². The molecule has 3 rings (SSSR count). The van der Waals surface area contributed by atoms with Gasteiger partial charge in [0.05, 0.1) is 31.5 Å². The maximum absolute atomic E-state index is 12.6. The number of ether oxygens (including phenoxy) is 2. The highest BCUT2D eigenvalue weighted by atomic mass is 16.6. The van der Waals surface area contributed by atoms with Gasteiger partial charge in [-0.2, -0.15) is 0 Å². The van der Waals surface area contributed by atoms with Crippen molar-refractivity contribution in [2.75, 3.05) is 13.2 Å². The van der Waals surface area contributed by atoms with E-state index in [1.54, 1.807) is 0 Å². The fourth-order valence-electron chi connectivity index (χ4n) is 3.81. The first-order valence-corrected chi connectivity index (χ1v) is 8.77. The molecule has 0 bridgehead atoms. The van der Waals surface area contributed by atoms with Crippen LogP contribution in [-0.4, -0.2) is 34.3 Å². The Bertz CT molecular complexity index is 653. The summed E-state index contributed by atoms with van der Waals surface area (Å²) in [5.74, 6) is -0.395. The van der Waals surface area contributed by atoms with E-state index in [2.05, 4.69) is 22.6 Å². The van der Waals surface area contributed by atoms with Crippen LogP contribution >= 0.6 is 0 Å². The summed E-state index contributed by atoms with van der Waals surface area (Å²) >= 11 is 0. The Morgan fingerprint density at radius 2 is 2.17 bits per heavy atom. The first-order valence-electron chi connectivity index (χ1n) is 8.77. The van der Waals surface area contributed by atoms with Crippen molar-refractivity contribution < 1.29 is 14.3 Å². The zero-order valence-corrected chi connectivity index (χ0v) is 14.7. The van der Waals surface area contributed by atoms with Crippen molar-refractivity contribution in [3.8, 4) is 0 Å². The molecule has 1 aromatic rings. The first-order chi connectivity index (χ1) is 11.6. The predicted octanol–water partition coefficient (Wildman–Crippen LogP) is 3.23. The Labute approximate surface area is 143 Å². The maximum Gasteiger partial charge on any atom is 0.313 e. The lowest BCUT2D eigenvalue weighted by atomic mass is 9.75. The highest BCUT2D eigenvalue weighted by Gasteiger charge is 2.52. The molecule has 3 heterocycles. The van der Waals surface area contributed by atoms with E-state index < -0.39 is 5.60 Å². The number of carbonyl (C=O) groups is 1. The third kappa shape index (κ3) is 2.81. The van der Waals surface area contributed by atoms with E-state index in [1.807, 2.05) is 38.5 Å². The smallest absolute Gasteiger partial charge is 0.313 e. The summed E-state index contributed by atoms with van der Waals surface area (Å²) in [6, 6.07) is -0.0252. The standard InChI is InChI=1S/C19H26N2O3/c1-4-6-7-16-14(3)18(22)24-19(8-10-23-11-9-19)17(16)21-13-20-12-15(21)5-2/h4,6-7,12-14,17H,5,8-11H2,1-3H3/b6-4-,16-7+. The summed E-state index contributed by atoms with van der Waals surface area (Å²) < 4.78 is 13.8. The molecule has 130 valence electrons. The van der Waals surface area contributed by atoms with Crippen molar-refractivity contribution in [3.63, 3.8) is 0 Å². The van der Waals surface area contributed by atoms with Gasteiger partial charge in [0.2, 0.25) is 0 Å². The largest absolute Gasteiger partial charge is 0.456 e. The lowest BCUT2D eigenvalue weighted by molar-refractivity contribution is -0.187. The third-order valence-electron chi connectivity index (χ3n) is 5.18. The number of aryl methyl sites for hydroxylation is 1. The Hall–Kier alpha value is -1.88. The summed E-state index contributed by atoms with van der Waals surface area (Å²) in [6.45, 7) is 7.27. The molecule has 24 heavy (non-hydrogen) atoms. The lowest BCUT2D eigenvalue weighted by Crippen LogP contribution is -2.54. The minimum Gasteiger partial charge on any atom is -0.456 e. The van der Waals surface area contributed by atoms with Crippen LogP contribution in [0, 0.1) is 5.92 Å². The third-order valence-corrected chi connectivity index (χ3v) is 5.18. The molecule has 0 N–H and O–H groups in total. The average molecular weight is 330 g/mol. The highest BCUT2D eigenvalue weighted by Crippen LogP contribution is 2.47. The second-order valence-corrected chi connectivity index (χ2v) is 6.56. The molecule has 2 saturated heterocycles. The normalized spacial score (nSPS) is 28.6. The summed E-state index contributed by atoms with van der Waals surface area (Å²) in [5.41, 5.74) is 1.71. The van der Waals surface area contributed by atoms with E-state index >= 15 is 0 Å². The first kappa shape index (κ1) is 17.0. The molecule has 0 aromatic carbocycles.